The first-order valence-electron chi connectivity index (χ1n) is 12.4. The molecule has 244 valence electrons. The van der Waals surface area contributed by atoms with E-state index < -0.39 is 20.0 Å². The molecule has 20 heteroatoms. The normalized spacial score (nSPS) is 11.1. The zero-order valence-corrected chi connectivity index (χ0v) is 29.6. The van der Waals surface area contributed by atoms with Crippen molar-refractivity contribution in [3.8, 4) is 0 Å². The maximum Gasteiger partial charge on any atom is 0.233 e. The van der Waals surface area contributed by atoms with Crippen LogP contribution in [0.15, 0.2) is 49.1 Å². The van der Waals surface area contributed by atoms with Gasteiger partial charge in [0.05, 0.1) is 40.6 Å². The molecule has 0 unspecified atom stereocenters. The fourth-order valence-corrected chi connectivity index (χ4v) is 4.92. The van der Waals surface area contributed by atoms with Gasteiger partial charge >= 0.3 is 0 Å². The number of nitrogens with two attached hydrogens (primary N) is 1. The Balaban J connectivity index is 0.000000261. The second-order valence-electron chi connectivity index (χ2n) is 8.85. The van der Waals surface area contributed by atoms with Gasteiger partial charge in [0.2, 0.25) is 30.6 Å². The molecule has 0 radical (unpaired) electrons. The third-order valence-electron chi connectivity index (χ3n) is 5.64. The molecule has 0 aliphatic rings. The number of aromatic nitrogens is 6. The van der Waals surface area contributed by atoms with Crippen LogP contribution >= 0.6 is 58.0 Å². The lowest BCUT2D eigenvalue weighted by atomic mass is 10.1. The number of pyridine rings is 2. The number of anilines is 2. The molecule has 0 saturated carbocycles. The molecule has 4 aromatic heterocycles. The monoisotopic (exact) mass is 757 g/mol. The van der Waals surface area contributed by atoms with Gasteiger partial charge < -0.3 is 5.73 Å². The first-order chi connectivity index (χ1) is 20.9. The Morgan fingerprint density at radius 2 is 1.16 bits per heavy atom. The first kappa shape index (κ1) is 38.6. The van der Waals surface area contributed by atoms with Crippen molar-refractivity contribution in [2.24, 2.45) is 5.73 Å². The largest absolute Gasteiger partial charge is 0.326 e. The van der Waals surface area contributed by atoms with Crippen LogP contribution in [0.25, 0.3) is 0 Å². The third kappa shape index (κ3) is 12.2. The summed E-state index contributed by atoms with van der Waals surface area (Å²) in [5, 5.41) is 1.13. The fourth-order valence-electron chi connectivity index (χ4n) is 3.23. The summed E-state index contributed by atoms with van der Waals surface area (Å²) >= 11 is 28.1. The van der Waals surface area contributed by atoms with Crippen molar-refractivity contribution in [2.75, 3.05) is 35.2 Å². The summed E-state index contributed by atoms with van der Waals surface area (Å²) in [4.78, 5) is 23.1. The quantitative estimate of drug-likeness (QED) is 0.194. The molecule has 4 heterocycles. The zero-order valence-electron chi connectivity index (χ0n) is 24.2. The maximum absolute atomic E-state index is 11.7. The first-order valence-corrected chi connectivity index (χ1v) is 18.0. The minimum Gasteiger partial charge on any atom is -0.326 e. The topological polar surface area (TPSA) is 178 Å². The molecule has 0 aliphatic carbocycles. The van der Waals surface area contributed by atoms with Gasteiger partial charge in [-0.2, -0.15) is 0 Å². The number of aryl methyl sites for hydroxylation is 2. The molecule has 0 bridgehead atoms. The van der Waals surface area contributed by atoms with E-state index in [0.29, 0.717) is 45.8 Å². The summed E-state index contributed by atoms with van der Waals surface area (Å²) in [5.74, 6) is 0.777. The number of sulfonamides is 2. The van der Waals surface area contributed by atoms with Crippen LogP contribution in [0.1, 0.15) is 16.8 Å². The predicted molar refractivity (Wildman–Crippen MR) is 179 cm³/mol. The van der Waals surface area contributed by atoms with Crippen LogP contribution in [0.4, 0.5) is 11.6 Å². The Morgan fingerprint density at radius 3 is 1.62 bits per heavy atom. The molecular formula is C25H28Cl5N9O4S2. The summed E-state index contributed by atoms with van der Waals surface area (Å²) < 4.78 is 48.1. The predicted octanol–water partition coefficient (Wildman–Crippen LogP) is 4.73. The molecule has 13 nitrogen and oxygen atoms in total. The van der Waals surface area contributed by atoms with Crippen LogP contribution in [-0.4, -0.2) is 73.3 Å². The van der Waals surface area contributed by atoms with E-state index in [2.05, 4.69) is 29.9 Å². The van der Waals surface area contributed by atoms with E-state index >= 15 is 0 Å². The van der Waals surface area contributed by atoms with E-state index in [1.807, 2.05) is 6.07 Å². The van der Waals surface area contributed by atoms with Gasteiger partial charge in [-0.05, 0) is 53.7 Å². The van der Waals surface area contributed by atoms with Gasteiger partial charge in [0.1, 0.15) is 11.6 Å². The van der Waals surface area contributed by atoms with Crippen molar-refractivity contribution in [1.82, 2.24) is 29.9 Å². The smallest absolute Gasteiger partial charge is 0.233 e. The lowest BCUT2D eigenvalue weighted by Gasteiger charge is -2.18. The van der Waals surface area contributed by atoms with E-state index in [1.165, 1.54) is 32.7 Å². The van der Waals surface area contributed by atoms with Gasteiger partial charge in [0, 0.05) is 38.6 Å². The molecule has 0 spiro atoms. The van der Waals surface area contributed by atoms with Crippen molar-refractivity contribution in [3.63, 3.8) is 0 Å². The maximum atomic E-state index is 11.7. The average molecular weight is 760 g/mol. The zero-order chi connectivity index (χ0) is 33.9. The summed E-state index contributed by atoms with van der Waals surface area (Å²) in [5.41, 5.74) is 7.57. The van der Waals surface area contributed by atoms with Crippen molar-refractivity contribution in [1.29, 1.82) is 0 Å². The highest BCUT2D eigenvalue weighted by atomic mass is 35.5. The number of halogens is 5. The summed E-state index contributed by atoms with van der Waals surface area (Å²) in [6.07, 6.45) is 9.16. The lowest BCUT2D eigenvalue weighted by Crippen LogP contribution is -2.27. The van der Waals surface area contributed by atoms with Gasteiger partial charge in [0.15, 0.2) is 5.15 Å². The van der Waals surface area contributed by atoms with E-state index in [4.69, 9.17) is 63.7 Å². The fraction of sp³-hybridized carbons (Fsp3) is 0.280. The SMILES string of the molecule is CN(c1ncccc1CCc1nc(Cl)ncc1Cl)S(C)(=O)=O.CN(c1ncccc1CN)S(C)(=O)=O.Clc1ncc(Cl)c(Cl)n1. The Hall–Kier alpha value is -2.63. The van der Waals surface area contributed by atoms with Gasteiger partial charge in [-0.15, -0.1) is 0 Å². The van der Waals surface area contributed by atoms with E-state index in [9.17, 15) is 16.8 Å². The Bertz CT molecular complexity index is 1820. The van der Waals surface area contributed by atoms with Crippen LogP contribution in [0.2, 0.25) is 25.8 Å². The molecule has 0 aromatic carbocycles. The van der Waals surface area contributed by atoms with Gasteiger partial charge in [-0.3, -0.25) is 8.61 Å². The van der Waals surface area contributed by atoms with Crippen LogP contribution in [-0.2, 0) is 39.4 Å². The second kappa shape index (κ2) is 17.3. The van der Waals surface area contributed by atoms with Crippen LogP contribution in [0.5, 0.6) is 0 Å². The Labute approximate surface area is 286 Å². The molecule has 0 aliphatic heterocycles. The number of nitrogens with zero attached hydrogens (tertiary/aromatic N) is 8. The van der Waals surface area contributed by atoms with Crippen molar-refractivity contribution < 1.29 is 16.8 Å². The van der Waals surface area contributed by atoms with Crippen molar-refractivity contribution >= 4 is 89.7 Å². The molecule has 0 fully saturated rings. The Kier molecular flexibility index (Phi) is 14.8. The number of hydrogen-bond acceptors (Lipinski definition) is 11. The number of rotatable bonds is 8. The average Bonchev–Trinajstić information content (AvgIpc) is 2.98. The molecule has 4 aromatic rings. The van der Waals surface area contributed by atoms with Crippen LogP contribution in [0, 0.1) is 0 Å². The lowest BCUT2D eigenvalue weighted by molar-refractivity contribution is 0.598. The van der Waals surface area contributed by atoms with Crippen molar-refractivity contribution in [3.05, 3.63) is 91.6 Å². The van der Waals surface area contributed by atoms with E-state index in [1.54, 1.807) is 24.4 Å². The van der Waals surface area contributed by atoms with Crippen molar-refractivity contribution in [2.45, 2.75) is 19.4 Å². The molecule has 4 rings (SSSR count). The summed E-state index contributed by atoms with van der Waals surface area (Å²) in [7, 11) is -3.73. The van der Waals surface area contributed by atoms with Gasteiger partial charge in [-0.25, -0.2) is 46.7 Å². The third-order valence-corrected chi connectivity index (χ3v) is 9.31. The van der Waals surface area contributed by atoms with E-state index in [-0.39, 0.29) is 22.3 Å². The number of hydrogen-bond donors (Lipinski definition) is 1. The standard InChI is InChI=1S/C13H14Cl2N4O2S.C8H13N3O2S.C4HCl3N2/c1-19(22(2,20)21)12-9(4-3-7-16-12)5-6-11-10(14)8-17-13(15)18-11;1-11(14(2,12)13)8-7(6-9)4-3-5-10-8;5-2-1-8-4(7)9-3(2)6/h3-4,7-8H,5-6H2,1-2H3;3-5H,6,9H2,1-2H3;1H. The highest BCUT2D eigenvalue weighted by molar-refractivity contribution is 7.92. The molecule has 0 amide bonds. The minimum absolute atomic E-state index is 0.101. The van der Waals surface area contributed by atoms with Crippen LogP contribution < -0.4 is 14.3 Å². The van der Waals surface area contributed by atoms with Crippen LogP contribution in [0.3, 0.4) is 0 Å². The molecule has 0 atom stereocenters. The molecule has 0 saturated heterocycles. The molecular weight excluding hydrogens is 732 g/mol. The van der Waals surface area contributed by atoms with Gasteiger partial charge in [0.25, 0.3) is 0 Å². The minimum atomic E-state index is -3.38. The highest BCUT2D eigenvalue weighted by Crippen LogP contribution is 2.22. The molecule has 45 heavy (non-hydrogen) atoms. The molecule has 2 N–H and O–H groups in total. The van der Waals surface area contributed by atoms with E-state index in [0.717, 1.165) is 26.7 Å². The summed E-state index contributed by atoms with van der Waals surface area (Å²) in [6.45, 7) is 0.267. The summed E-state index contributed by atoms with van der Waals surface area (Å²) in [6, 6.07) is 7.05. The van der Waals surface area contributed by atoms with Gasteiger partial charge in [-0.1, -0.05) is 46.9 Å². The second-order valence-corrected chi connectivity index (χ2v) is 14.7. The Morgan fingerprint density at radius 1 is 0.689 bits per heavy atom. The highest BCUT2D eigenvalue weighted by Gasteiger charge is 2.18.